The zero-order valence-corrected chi connectivity index (χ0v) is 13.3. The van der Waals surface area contributed by atoms with Crippen molar-refractivity contribution in [3.63, 3.8) is 0 Å². The first kappa shape index (κ1) is 14.5. The van der Waals surface area contributed by atoms with Gasteiger partial charge < -0.3 is 14.4 Å². The van der Waals surface area contributed by atoms with Crippen molar-refractivity contribution in [2.45, 2.75) is 37.7 Å². The standard InChI is InChI=1S/C18H21NO4/c1-22-13-4-5-14-15(20)11-18(23-16(14)10-13)6-8-19(9-7-18)17(21)12-2-3-12/h4-5,10,12H,2-3,6-9,11H2,1H3. The lowest BCUT2D eigenvalue weighted by molar-refractivity contribution is -0.136. The number of nitrogens with zero attached hydrogens (tertiary/aromatic N) is 1. The Morgan fingerprint density at radius 2 is 2.04 bits per heavy atom. The smallest absolute Gasteiger partial charge is 0.225 e. The van der Waals surface area contributed by atoms with Gasteiger partial charge in [0, 0.05) is 37.9 Å². The van der Waals surface area contributed by atoms with Gasteiger partial charge in [0.25, 0.3) is 0 Å². The first-order chi connectivity index (χ1) is 11.1. The Hall–Kier alpha value is -2.04. The number of rotatable bonds is 2. The molecule has 0 N–H and O–H groups in total. The average Bonchev–Trinajstić information content (AvgIpc) is 3.39. The molecule has 2 fully saturated rings. The Morgan fingerprint density at radius 1 is 1.30 bits per heavy atom. The Balaban J connectivity index is 1.52. The number of piperidine rings is 1. The molecular weight excluding hydrogens is 294 g/mol. The van der Waals surface area contributed by atoms with Crippen LogP contribution in [0.4, 0.5) is 0 Å². The molecule has 3 aliphatic rings. The predicted molar refractivity (Wildman–Crippen MR) is 83.8 cm³/mol. The van der Waals surface area contributed by atoms with Crippen molar-refractivity contribution in [2.24, 2.45) is 5.92 Å². The SMILES string of the molecule is COc1ccc2c(c1)OC1(CCN(C(=O)C3CC3)CC1)CC2=O. The van der Waals surface area contributed by atoms with Gasteiger partial charge in [-0.15, -0.1) is 0 Å². The normalized spacial score (nSPS) is 22.5. The highest BCUT2D eigenvalue weighted by molar-refractivity contribution is 6.00. The van der Waals surface area contributed by atoms with Crippen molar-refractivity contribution in [1.82, 2.24) is 4.90 Å². The minimum Gasteiger partial charge on any atom is -0.497 e. The number of carbonyl (C=O) groups is 2. The summed E-state index contributed by atoms with van der Waals surface area (Å²) in [6, 6.07) is 5.35. The van der Waals surface area contributed by atoms with Crippen molar-refractivity contribution in [2.75, 3.05) is 20.2 Å². The minimum atomic E-state index is -0.462. The molecule has 122 valence electrons. The number of benzene rings is 1. The summed E-state index contributed by atoms with van der Waals surface area (Å²) in [5, 5.41) is 0. The highest BCUT2D eigenvalue weighted by atomic mass is 16.5. The van der Waals surface area contributed by atoms with Gasteiger partial charge in [-0.3, -0.25) is 9.59 Å². The van der Waals surface area contributed by atoms with Crippen LogP contribution in [-0.4, -0.2) is 42.4 Å². The average molecular weight is 315 g/mol. The molecule has 1 amide bonds. The van der Waals surface area contributed by atoms with E-state index in [1.807, 2.05) is 4.90 Å². The Morgan fingerprint density at radius 3 is 2.70 bits per heavy atom. The monoisotopic (exact) mass is 315 g/mol. The van der Waals surface area contributed by atoms with Crippen LogP contribution in [0, 0.1) is 5.92 Å². The molecule has 1 aliphatic carbocycles. The molecule has 1 saturated heterocycles. The minimum absolute atomic E-state index is 0.121. The molecule has 1 aromatic rings. The van der Waals surface area contributed by atoms with Gasteiger partial charge in [0.05, 0.1) is 19.1 Å². The highest BCUT2D eigenvalue weighted by Gasteiger charge is 2.45. The van der Waals surface area contributed by atoms with E-state index in [0.29, 0.717) is 49.4 Å². The molecule has 1 saturated carbocycles. The highest BCUT2D eigenvalue weighted by Crippen LogP contribution is 2.41. The lowest BCUT2D eigenvalue weighted by atomic mass is 9.82. The van der Waals surface area contributed by atoms with Gasteiger partial charge >= 0.3 is 0 Å². The van der Waals surface area contributed by atoms with E-state index >= 15 is 0 Å². The molecule has 0 atom stereocenters. The number of hydrogen-bond donors (Lipinski definition) is 0. The van der Waals surface area contributed by atoms with Crippen molar-refractivity contribution in [1.29, 1.82) is 0 Å². The number of methoxy groups -OCH3 is 1. The topological polar surface area (TPSA) is 55.8 Å². The zero-order chi connectivity index (χ0) is 16.0. The molecule has 4 rings (SSSR count). The third kappa shape index (κ3) is 2.58. The van der Waals surface area contributed by atoms with Crippen molar-refractivity contribution >= 4 is 11.7 Å². The van der Waals surface area contributed by atoms with Crippen LogP contribution >= 0.6 is 0 Å². The summed E-state index contributed by atoms with van der Waals surface area (Å²) in [6.07, 6.45) is 3.89. The van der Waals surface area contributed by atoms with Crippen LogP contribution in [-0.2, 0) is 4.79 Å². The first-order valence-corrected chi connectivity index (χ1v) is 8.29. The summed E-state index contributed by atoms with van der Waals surface area (Å²) in [6.45, 7) is 1.36. The van der Waals surface area contributed by atoms with Crippen LogP contribution in [0.25, 0.3) is 0 Å². The molecule has 0 aromatic heterocycles. The molecule has 23 heavy (non-hydrogen) atoms. The zero-order valence-electron chi connectivity index (χ0n) is 13.3. The van der Waals surface area contributed by atoms with E-state index in [4.69, 9.17) is 9.47 Å². The third-order valence-corrected chi connectivity index (χ3v) is 5.21. The van der Waals surface area contributed by atoms with E-state index in [2.05, 4.69) is 0 Å². The maximum Gasteiger partial charge on any atom is 0.225 e. The van der Waals surface area contributed by atoms with Crippen LogP contribution in [0.5, 0.6) is 11.5 Å². The Bertz CT molecular complexity index is 657. The maximum absolute atomic E-state index is 12.5. The van der Waals surface area contributed by atoms with E-state index in [-0.39, 0.29) is 17.6 Å². The number of ether oxygens (including phenoxy) is 2. The molecule has 0 radical (unpaired) electrons. The fourth-order valence-electron chi connectivity index (χ4n) is 3.60. The number of hydrogen-bond acceptors (Lipinski definition) is 4. The molecule has 0 bridgehead atoms. The van der Waals surface area contributed by atoms with Crippen molar-refractivity contribution in [3.8, 4) is 11.5 Å². The fraction of sp³-hybridized carbons (Fsp3) is 0.556. The summed E-state index contributed by atoms with van der Waals surface area (Å²) in [4.78, 5) is 26.6. The second kappa shape index (κ2) is 5.25. The van der Waals surface area contributed by atoms with Crippen molar-refractivity contribution < 1.29 is 19.1 Å². The summed E-state index contributed by atoms with van der Waals surface area (Å²) in [5.74, 6) is 1.96. The summed E-state index contributed by atoms with van der Waals surface area (Å²) < 4.78 is 11.5. The van der Waals surface area contributed by atoms with Crippen LogP contribution in [0.3, 0.4) is 0 Å². The molecule has 1 aromatic carbocycles. The number of likely N-dealkylation sites (tertiary alicyclic amines) is 1. The second-order valence-electron chi connectivity index (χ2n) is 6.85. The third-order valence-electron chi connectivity index (χ3n) is 5.21. The lowest BCUT2D eigenvalue weighted by Gasteiger charge is -2.44. The molecule has 2 aliphatic heterocycles. The number of amides is 1. The molecule has 1 spiro atoms. The van der Waals surface area contributed by atoms with Gasteiger partial charge in [-0.1, -0.05) is 0 Å². The molecule has 5 nitrogen and oxygen atoms in total. The van der Waals surface area contributed by atoms with Crippen molar-refractivity contribution in [3.05, 3.63) is 23.8 Å². The van der Waals surface area contributed by atoms with Gasteiger partial charge in [-0.05, 0) is 25.0 Å². The van der Waals surface area contributed by atoms with Crippen LogP contribution in [0.2, 0.25) is 0 Å². The number of carbonyl (C=O) groups excluding carboxylic acids is 2. The predicted octanol–water partition coefficient (Wildman–Crippen LogP) is 2.43. The summed E-state index contributed by atoms with van der Waals surface area (Å²) in [5.41, 5.74) is 0.171. The maximum atomic E-state index is 12.5. The summed E-state index contributed by atoms with van der Waals surface area (Å²) >= 11 is 0. The van der Waals surface area contributed by atoms with Gasteiger partial charge in [0.15, 0.2) is 5.78 Å². The van der Waals surface area contributed by atoms with E-state index in [0.717, 1.165) is 12.8 Å². The fourth-order valence-corrected chi connectivity index (χ4v) is 3.60. The van der Waals surface area contributed by atoms with Crippen LogP contribution in [0.1, 0.15) is 42.5 Å². The van der Waals surface area contributed by atoms with E-state index < -0.39 is 5.60 Å². The van der Waals surface area contributed by atoms with Gasteiger partial charge in [0.1, 0.15) is 17.1 Å². The molecule has 0 unspecified atom stereocenters. The molecule has 5 heteroatoms. The number of Topliss-reactive ketones (excluding diaryl/α,β-unsaturated/α-hetero) is 1. The van der Waals surface area contributed by atoms with Crippen LogP contribution in [0.15, 0.2) is 18.2 Å². The van der Waals surface area contributed by atoms with Gasteiger partial charge in [-0.2, -0.15) is 0 Å². The second-order valence-corrected chi connectivity index (χ2v) is 6.85. The first-order valence-electron chi connectivity index (χ1n) is 8.29. The summed E-state index contributed by atoms with van der Waals surface area (Å²) in [7, 11) is 1.60. The largest absolute Gasteiger partial charge is 0.497 e. The van der Waals surface area contributed by atoms with E-state index in [9.17, 15) is 9.59 Å². The number of fused-ring (bicyclic) bond motifs is 1. The number of ketones is 1. The lowest BCUT2D eigenvalue weighted by Crippen LogP contribution is -2.52. The van der Waals surface area contributed by atoms with Gasteiger partial charge in [-0.25, -0.2) is 0 Å². The molecule has 2 heterocycles. The molecular formula is C18H21NO4. The Kier molecular flexibility index (Phi) is 3.32. The van der Waals surface area contributed by atoms with E-state index in [1.165, 1.54) is 0 Å². The van der Waals surface area contributed by atoms with Gasteiger partial charge in [0.2, 0.25) is 5.91 Å². The Labute approximate surface area is 135 Å². The quantitative estimate of drug-likeness (QED) is 0.841. The van der Waals surface area contributed by atoms with Crippen LogP contribution < -0.4 is 9.47 Å². The van der Waals surface area contributed by atoms with E-state index in [1.54, 1.807) is 25.3 Å².